The van der Waals surface area contributed by atoms with E-state index in [1.807, 2.05) is 60.1 Å². The summed E-state index contributed by atoms with van der Waals surface area (Å²) in [5.74, 6) is -0.123. The maximum Gasteiger partial charge on any atom is 0.251 e. The van der Waals surface area contributed by atoms with Crippen LogP contribution in [0.3, 0.4) is 0 Å². The van der Waals surface area contributed by atoms with Crippen LogP contribution in [0.4, 0.5) is 5.69 Å². The topological polar surface area (TPSA) is 58.1 Å². The van der Waals surface area contributed by atoms with Gasteiger partial charge in [-0.3, -0.25) is 14.8 Å². The van der Waals surface area contributed by atoms with E-state index in [1.54, 1.807) is 23.7 Å². The lowest BCUT2D eigenvalue weighted by Crippen LogP contribution is -2.24. The normalized spacial score (nSPS) is 10.4. The summed E-state index contributed by atoms with van der Waals surface area (Å²) < 4.78 is 0. The molecule has 0 unspecified atom stereocenters. The summed E-state index contributed by atoms with van der Waals surface area (Å²) in [5, 5.41) is 6.94. The first kappa shape index (κ1) is 16.1. The molecule has 2 aromatic heterocycles. The summed E-state index contributed by atoms with van der Waals surface area (Å²) in [6, 6.07) is 9.49. The lowest BCUT2D eigenvalue weighted by molar-refractivity contribution is 0.0950. The standard InChI is InChI=1S/C18H18N4OS/c1-22(2)15-5-3-13(4-6-15)18(23)21-11-16-17(20-9-8-19-16)14-7-10-24-12-14/h3-10,12H,11H2,1-2H3,(H,21,23). The van der Waals surface area contributed by atoms with Crippen molar-refractivity contribution in [3.8, 4) is 11.3 Å². The van der Waals surface area contributed by atoms with Gasteiger partial charge >= 0.3 is 0 Å². The zero-order valence-corrected chi connectivity index (χ0v) is 14.4. The Labute approximate surface area is 145 Å². The lowest BCUT2D eigenvalue weighted by atomic mass is 10.1. The van der Waals surface area contributed by atoms with Crippen LogP contribution >= 0.6 is 11.3 Å². The van der Waals surface area contributed by atoms with Crippen molar-refractivity contribution in [3.05, 3.63) is 64.7 Å². The van der Waals surface area contributed by atoms with E-state index >= 15 is 0 Å². The Balaban J connectivity index is 1.71. The van der Waals surface area contributed by atoms with Crippen molar-refractivity contribution in [2.75, 3.05) is 19.0 Å². The molecular formula is C18H18N4OS. The van der Waals surface area contributed by atoms with Crippen molar-refractivity contribution in [3.63, 3.8) is 0 Å². The van der Waals surface area contributed by atoms with Crippen molar-refractivity contribution in [2.45, 2.75) is 6.54 Å². The van der Waals surface area contributed by atoms with Gasteiger partial charge in [0.2, 0.25) is 0 Å². The van der Waals surface area contributed by atoms with E-state index in [2.05, 4.69) is 15.3 Å². The van der Waals surface area contributed by atoms with Gasteiger partial charge in [0.25, 0.3) is 5.91 Å². The second kappa shape index (κ2) is 7.23. The van der Waals surface area contributed by atoms with Crippen LogP contribution in [0.5, 0.6) is 0 Å². The number of amides is 1. The summed E-state index contributed by atoms with van der Waals surface area (Å²) in [5.41, 5.74) is 4.27. The summed E-state index contributed by atoms with van der Waals surface area (Å²) in [7, 11) is 3.93. The number of anilines is 1. The van der Waals surface area contributed by atoms with E-state index in [0.717, 1.165) is 22.6 Å². The van der Waals surface area contributed by atoms with E-state index < -0.39 is 0 Å². The first-order chi connectivity index (χ1) is 11.6. The second-order valence-corrected chi connectivity index (χ2v) is 6.27. The number of carbonyl (C=O) groups is 1. The molecule has 0 aliphatic heterocycles. The Morgan fingerprint density at radius 1 is 1.12 bits per heavy atom. The monoisotopic (exact) mass is 338 g/mol. The van der Waals surface area contributed by atoms with Gasteiger partial charge in [-0.2, -0.15) is 11.3 Å². The van der Waals surface area contributed by atoms with E-state index in [9.17, 15) is 4.79 Å². The van der Waals surface area contributed by atoms with E-state index in [4.69, 9.17) is 0 Å². The molecule has 1 amide bonds. The van der Waals surface area contributed by atoms with E-state index in [1.165, 1.54) is 0 Å². The van der Waals surface area contributed by atoms with Gasteiger partial charge in [0.15, 0.2) is 0 Å². The molecule has 6 heteroatoms. The number of hydrogen-bond donors (Lipinski definition) is 1. The molecule has 0 aliphatic rings. The van der Waals surface area contributed by atoms with Gasteiger partial charge < -0.3 is 10.2 Å². The fourth-order valence-electron chi connectivity index (χ4n) is 2.31. The van der Waals surface area contributed by atoms with Gasteiger partial charge in [0, 0.05) is 48.7 Å². The number of carbonyl (C=O) groups excluding carboxylic acids is 1. The molecule has 0 atom stereocenters. The summed E-state index contributed by atoms with van der Waals surface area (Å²) >= 11 is 1.61. The fraction of sp³-hybridized carbons (Fsp3) is 0.167. The summed E-state index contributed by atoms with van der Waals surface area (Å²) in [6.45, 7) is 0.341. The van der Waals surface area contributed by atoms with Gasteiger partial charge in [-0.1, -0.05) is 0 Å². The van der Waals surface area contributed by atoms with Crippen molar-refractivity contribution >= 4 is 22.9 Å². The molecule has 0 radical (unpaired) electrons. The third-order valence-electron chi connectivity index (χ3n) is 3.63. The largest absolute Gasteiger partial charge is 0.378 e. The van der Waals surface area contributed by atoms with Crippen LogP contribution in [-0.2, 0) is 6.54 Å². The number of aromatic nitrogens is 2. The van der Waals surface area contributed by atoms with Crippen LogP contribution in [0.1, 0.15) is 16.1 Å². The van der Waals surface area contributed by atoms with Gasteiger partial charge in [-0.15, -0.1) is 0 Å². The molecule has 0 saturated heterocycles. The zero-order valence-electron chi connectivity index (χ0n) is 13.6. The Morgan fingerprint density at radius 3 is 2.54 bits per heavy atom. The highest BCUT2D eigenvalue weighted by molar-refractivity contribution is 7.08. The predicted molar refractivity (Wildman–Crippen MR) is 97.3 cm³/mol. The van der Waals surface area contributed by atoms with Gasteiger partial charge in [0.05, 0.1) is 17.9 Å². The number of thiophene rings is 1. The number of nitrogens with one attached hydrogen (secondary N) is 1. The molecule has 0 aliphatic carbocycles. The van der Waals surface area contributed by atoms with Crippen molar-refractivity contribution in [1.29, 1.82) is 0 Å². The number of rotatable bonds is 5. The Bertz CT molecular complexity index is 813. The predicted octanol–water partition coefficient (Wildman–Crippen LogP) is 3.20. The number of hydrogen-bond acceptors (Lipinski definition) is 5. The number of nitrogens with zero attached hydrogens (tertiary/aromatic N) is 3. The molecule has 1 aromatic carbocycles. The van der Waals surface area contributed by atoms with Crippen molar-refractivity contribution in [2.24, 2.45) is 0 Å². The molecule has 122 valence electrons. The Morgan fingerprint density at radius 2 is 1.88 bits per heavy atom. The van der Waals surface area contributed by atoms with E-state index in [0.29, 0.717) is 12.1 Å². The smallest absolute Gasteiger partial charge is 0.251 e. The lowest BCUT2D eigenvalue weighted by Gasteiger charge is -2.13. The molecule has 24 heavy (non-hydrogen) atoms. The molecule has 0 spiro atoms. The molecule has 3 rings (SSSR count). The molecule has 1 N–H and O–H groups in total. The minimum Gasteiger partial charge on any atom is -0.378 e. The Hall–Kier alpha value is -2.73. The number of benzene rings is 1. The van der Waals surface area contributed by atoms with Crippen LogP contribution in [-0.4, -0.2) is 30.0 Å². The van der Waals surface area contributed by atoms with Crippen molar-refractivity contribution in [1.82, 2.24) is 15.3 Å². The molecule has 0 fully saturated rings. The molecular weight excluding hydrogens is 320 g/mol. The maximum absolute atomic E-state index is 12.3. The minimum atomic E-state index is -0.123. The maximum atomic E-state index is 12.3. The third kappa shape index (κ3) is 3.60. The van der Waals surface area contributed by atoms with Crippen LogP contribution < -0.4 is 10.2 Å². The highest BCUT2D eigenvalue weighted by Gasteiger charge is 2.11. The van der Waals surface area contributed by atoms with Crippen molar-refractivity contribution < 1.29 is 4.79 Å². The highest BCUT2D eigenvalue weighted by atomic mass is 32.1. The Kier molecular flexibility index (Phi) is 4.86. The SMILES string of the molecule is CN(C)c1ccc(C(=O)NCc2nccnc2-c2ccsc2)cc1. The van der Waals surface area contributed by atoms with Gasteiger partial charge in [0.1, 0.15) is 0 Å². The molecule has 3 aromatic rings. The molecule has 2 heterocycles. The molecule has 0 saturated carbocycles. The second-order valence-electron chi connectivity index (χ2n) is 5.49. The summed E-state index contributed by atoms with van der Waals surface area (Å²) in [4.78, 5) is 23.1. The third-order valence-corrected chi connectivity index (χ3v) is 4.31. The van der Waals surface area contributed by atoms with Crippen LogP contribution in [0.25, 0.3) is 11.3 Å². The first-order valence-electron chi connectivity index (χ1n) is 7.53. The summed E-state index contributed by atoms with van der Waals surface area (Å²) in [6.07, 6.45) is 3.31. The highest BCUT2D eigenvalue weighted by Crippen LogP contribution is 2.22. The molecule has 0 bridgehead atoms. The van der Waals surface area contributed by atoms with Crippen LogP contribution in [0, 0.1) is 0 Å². The van der Waals surface area contributed by atoms with Crippen LogP contribution in [0.2, 0.25) is 0 Å². The van der Waals surface area contributed by atoms with E-state index in [-0.39, 0.29) is 5.91 Å². The average molecular weight is 338 g/mol. The van der Waals surface area contributed by atoms with Gasteiger partial charge in [-0.05, 0) is 35.7 Å². The van der Waals surface area contributed by atoms with Crippen LogP contribution in [0.15, 0.2) is 53.5 Å². The molecule has 5 nitrogen and oxygen atoms in total. The zero-order chi connectivity index (χ0) is 16.9. The fourth-order valence-corrected chi connectivity index (χ4v) is 2.95. The van der Waals surface area contributed by atoms with Gasteiger partial charge in [-0.25, -0.2) is 0 Å². The minimum absolute atomic E-state index is 0.123. The first-order valence-corrected chi connectivity index (χ1v) is 8.47. The average Bonchev–Trinajstić information content (AvgIpc) is 3.14. The quantitative estimate of drug-likeness (QED) is 0.776.